The number of aryl methyl sites for hydroxylation is 1. The van der Waals surface area contributed by atoms with Gasteiger partial charge in [-0.15, -0.1) is 0 Å². The molecule has 2 aromatic rings. The molecule has 2 aromatic carbocycles. The van der Waals surface area contributed by atoms with E-state index in [9.17, 15) is 9.59 Å². The lowest BCUT2D eigenvalue weighted by Crippen LogP contribution is -2.34. The van der Waals surface area contributed by atoms with E-state index in [4.69, 9.17) is 19.9 Å². The summed E-state index contributed by atoms with van der Waals surface area (Å²) in [5.74, 6) is -0.594. The van der Waals surface area contributed by atoms with Gasteiger partial charge in [-0.05, 0) is 48.6 Å². The van der Waals surface area contributed by atoms with E-state index in [0.29, 0.717) is 18.8 Å². The minimum absolute atomic E-state index is 0.162. The molecular weight excluding hydrogens is 358 g/mol. The van der Waals surface area contributed by atoms with Crippen LogP contribution in [-0.4, -0.2) is 25.2 Å². The van der Waals surface area contributed by atoms with Gasteiger partial charge in [-0.3, -0.25) is 4.79 Å². The molecule has 1 unspecified atom stereocenters. The molecule has 0 bridgehead atoms. The van der Waals surface area contributed by atoms with Crippen LogP contribution in [0.1, 0.15) is 36.1 Å². The predicted octanol–water partition coefficient (Wildman–Crippen LogP) is 2.93. The fourth-order valence-electron chi connectivity index (χ4n) is 3.35. The van der Waals surface area contributed by atoms with Gasteiger partial charge in [0.15, 0.2) is 6.61 Å². The summed E-state index contributed by atoms with van der Waals surface area (Å²) in [5.41, 5.74) is 9.27. The number of benzene rings is 2. The molecular formula is C22H25NO5. The molecule has 1 aliphatic carbocycles. The van der Waals surface area contributed by atoms with Crippen molar-refractivity contribution in [2.75, 3.05) is 13.2 Å². The van der Waals surface area contributed by atoms with Gasteiger partial charge in [0.1, 0.15) is 12.4 Å². The molecule has 148 valence electrons. The molecule has 0 saturated heterocycles. The first-order chi connectivity index (χ1) is 13.6. The Kier molecular flexibility index (Phi) is 6.66. The monoisotopic (exact) mass is 383 g/mol. The second-order valence-electron chi connectivity index (χ2n) is 6.72. The summed E-state index contributed by atoms with van der Waals surface area (Å²) < 4.78 is 15.8. The maximum atomic E-state index is 12.6. The molecule has 2 N–H and O–H groups in total. The van der Waals surface area contributed by atoms with E-state index >= 15 is 0 Å². The molecule has 3 rings (SSSR count). The number of hydrogen-bond donors (Lipinski definition) is 1. The Morgan fingerprint density at radius 1 is 1.11 bits per heavy atom. The second kappa shape index (κ2) is 9.37. The first-order valence-electron chi connectivity index (χ1n) is 9.46. The van der Waals surface area contributed by atoms with Gasteiger partial charge in [0, 0.05) is 6.04 Å². The lowest BCUT2D eigenvalue weighted by Gasteiger charge is -2.29. The fourth-order valence-corrected chi connectivity index (χ4v) is 3.35. The third-order valence-corrected chi connectivity index (χ3v) is 4.82. The Balaban J connectivity index is 1.63. The predicted molar refractivity (Wildman–Crippen MR) is 104 cm³/mol. The van der Waals surface area contributed by atoms with E-state index in [1.165, 1.54) is 0 Å². The SMILES string of the molecule is CCOC(=O)COc1ccc2c(c1)[C@@H](N)C(C(=O)OCc1ccccc1)CC2. The van der Waals surface area contributed by atoms with Crippen molar-refractivity contribution in [1.29, 1.82) is 0 Å². The summed E-state index contributed by atoms with van der Waals surface area (Å²) in [4.78, 5) is 24.0. The highest BCUT2D eigenvalue weighted by Crippen LogP contribution is 2.35. The minimum atomic E-state index is -0.474. The molecule has 0 radical (unpaired) electrons. The van der Waals surface area contributed by atoms with Crippen molar-refractivity contribution >= 4 is 11.9 Å². The van der Waals surface area contributed by atoms with Crippen LogP contribution in [0.5, 0.6) is 5.75 Å². The van der Waals surface area contributed by atoms with Crippen molar-refractivity contribution < 1.29 is 23.8 Å². The summed E-state index contributed by atoms with van der Waals surface area (Å²) in [5, 5.41) is 0. The molecule has 0 heterocycles. The number of fused-ring (bicyclic) bond motifs is 1. The van der Waals surface area contributed by atoms with E-state index in [1.54, 1.807) is 19.1 Å². The van der Waals surface area contributed by atoms with E-state index in [1.807, 2.05) is 36.4 Å². The quantitative estimate of drug-likeness (QED) is 0.740. The van der Waals surface area contributed by atoms with E-state index < -0.39 is 17.9 Å². The Bertz CT molecular complexity index is 821. The molecule has 0 amide bonds. The number of carbonyl (C=O) groups excluding carboxylic acids is 2. The van der Waals surface area contributed by atoms with E-state index in [2.05, 4.69) is 0 Å². The largest absolute Gasteiger partial charge is 0.482 e. The van der Waals surface area contributed by atoms with Gasteiger partial charge < -0.3 is 19.9 Å². The molecule has 0 spiro atoms. The van der Waals surface area contributed by atoms with Crippen molar-refractivity contribution in [1.82, 2.24) is 0 Å². The van der Waals surface area contributed by atoms with Crippen LogP contribution in [0, 0.1) is 5.92 Å². The number of esters is 2. The van der Waals surface area contributed by atoms with Gasteiger partial charge in [-0.25, -0.2) is 4.79 Å². The Labute approximate surface area is 164 Å². The van der Waals surface area contributed by atoms with Gasteiger partial charge >= 0.3 is 11.9 Å². The molecule has 28 heavy (non-hydrogen) atoms. The first kappa shape index (κ1) is 19.9. The number of nitrogens with two attached hydrogens (primary N) is 1. The maximum Gasteiger partial charge on any atom is 0.344 e. The molecule has 6 nitrogen and oxygen atoms in total. The summed E-state index contributed by atoms with van der Waals surface area (Å²) in [6.07, 6.45) is 1.39. The standard InChI is InChI=1S/C22H25NO5/c1-2-26-20(24)14-27-17-10-8-16-9-11-18(21(23)19(16)12-17)22(25)28-13-15-6-4-3-5-7-15/h3-8,10,12,18,21H,2,9,11,13-14,23H2,1H3/t18?,21-/m0/s1. The fraction of sp³-hybridized carbons (Fsp3) is 0.364. The van der Waals surface area contributed by atoms with Gasteiger partial charge in [0.25, 0.3) is 0 Å². The summed E-state index contributed by atoms with van der Waals surface area (Å²) >= 11 is 0. The maximum absolute atomic E-state index is 12.6. The van der Waals surface area contributed by atoms with E-state index in [-0.39, 0.29) is 19.2 Å². The zero-order valence-corrected chi connectivity index (χ0v) is 15.9. The van der Waals surface area contributed by atoms with Crippen molar-refractivity contribution in [3.63, 3.8) is 0 Å². The van der Waals surface area contributed by atoms with Crippen LogP contribution in [0.2, 0.25) is 0 Å². The lowest BCUT2D eigenvalue weighted by molar-refractivity contribution is -0.151. The molecule has 0 fully saturated rings. The van der Waals surface area contributed by atoms with Crippen molar-refractivity contribution in [3.8, 4) is 5.75 Å². The highest BCUT2D eigenvalue weighted by molar-refractivity contribution is 5.74. The van der Waals surface area contributed by atoms with Crippen LogP contribution < -0.4 is 10.5 Å². The topological polar surface area (TPSA) is 87.9 Å². The van der Waals surface area contributed by atoms with Gasteiger partial charge in [-0.2, -0.15) is 0 Å². The molecule has 2 atom stereocenters. The zero-order valence-electron chi connectivity index (χ0n) is 15.9. The smallest absolute Gasteiger partial charge is 0.344 e. The number of ether oxygens (including phenoxy) is 3. The molecule has 1 aliphatic rings. The normalized spacial score (nSPS) is 18.1. The number of hydrogen-bond acceptors (Lipinski definition) is 6. The Hall–Kier alpha value is -2.86. The molecule has 0 aliphatic heterocycles. The third-order valence-electron chi connectivity index (χ3n) is 4.82. The third kappa shape index (κ3) is 4.89. The van der Waals surface area contributed by atoms with Crippen LogP contribution in [0.4, 0.5) is 0 Å². The number of carbonyl (C=O) groups is 2. The van der Waals surface area contributed by atoms with Crippen LogP contribution in [0.25, 0.3) is 0 Å². The van der Waals surface area contributed by atoms with E-state index in [0.717, 1.165) is 23.1 Å². The summed E-state index contributed by atoms with van der Waals surface area (Å²) in [6, 6.07) is 14.6. The van der Waals surface area contributed by atoms with Crippen LogP contribution in [0.3, 0.4) is 0 Å². The average molecular weight is 383 g/mol. The highest BCUT2D eigenvalue weighted by atomic mass is 16.6. The van der Waals surface area contributed by atoms with Crippen molar-refractivity contribution in [3.05, 3.63) is 65.2 Å². The van der Waals surface area contributed by atoms with Crippen LogP contribution >= 0.6 is 0 Å². The van der Waals surface area contributed by atoms with Gasteiger partial charge in [0.05, 0.1) is 12.5 Å². The number of rotatable bonds is 7. The highest BCUT2D eigenvalue weighted by Gasteiger charge is 2.33. The first-order valence-corrected chi connectivity index (χ1v) is 9.46. The summed E-state index contributed by atoms with van der Waals surface area (Å²) in [7, 11) is 0. The van der Waals surface area contributed by atoms with Crippen LogP contribution in [0.15, 0.2) is 48.5 Å². The Morgan fingerprint density at radius 2 is 1.89 bits per heavy atom. The van der Waals surface area contributed by atoms with Gasteiger partial charge in [-0.1, -0.05) is 36.4 Å². The van der Waals surface area contributed by atoms with Crippen LogP contribution in [-0.2, 0) is 32.1 Å². The second-order valence-corrected chi connectivity index (χ2v) is 6.72. The molecule has 0 aromatic heterocycles. The zero-order chi connectivity index (χ0) is 19.9. The van der Waals surface area contributed by atoms with Crippen molar-refractivity contribution in [2.45, 2.75) is 32.4 Å². The minimum Gasteiger partial charge on any atom is -0.482 e. The molecule has 6 heteroatoms. The summed E-state index contributed by atoms with van der Waals surface area (Å²) in [6.45, 7) is 2.12. The Morgan fingerprint density at radius 3 is 2.64 bits per heavy atom. The van der Waals surface area contributed by atoms with Crippen molar-refractivity contribution in [2.24, 2.45) is 11.7 Å². The lowest BCUT2D eigenvalue weighted by atomic mass is 9.80. The van der Waals surface area contributed by atoms with Gasteiger partial charge in [0.2, 0.25) is 0 Å². The molecule has 0 saturated carbocycles. The average Bonchev–Trinajstić information content (AvgIpc) is 2.72.